The summed E-state index contributed by atoms with van der Waals surface area (Å²) in [5.41, 5.74) is 10.8. The third-order valence-electron chi connectivity index (χ3n) is 5.94. The van der Waals surface area contributed by atoms with Gasteiger partial charge in [0.15, 0.2) is 0 Å². The Morgan fingerprint density at radius 1 is 1.13 bits per heavy atom. The monoisotopic (exact) mass is 511 g/mol. The zero-order chi connectivity index (χ0) is 27.2. The number of nitrogens with two attached hydrogens (primary N) is 1. The van der Waals surface area contributed by atoms with Crippen molar-refractivity contribution in [3.05, 3.63) is 88.8 Å². The topological polar surface area (TPSA) is 102 Å². The van der Waals surface area contributed by atoms with Crippen LogP contribution in [0.3, 0.4) is 0 Å². The smallest absolute Gasteiger partial charge is 0.249 e. The molecule has 0 saturated heterocycles. The molecule has 4 aromatic rings. The van der Waals surface area contributed by atoms with Crippen molar-refractivity contribution < 1.29 is 9.18 Å². The van der Waals surface area contributed by atoms with Crippen LogP contribution in [0.1, 0.15) is 39.0 Å². The number of amides is 1. The summed E-state index contributed by atoms with van der Waals surface area (Å²) >= 11 is 0. The molecule has 4 rings (SSSR count). The van der Waals surface area contributed by atoms with Gasteiger partial charge in [-0.25, -0.2) is 14.4 Å². The molecular formula is C29H30FN7O. The Kier molecular flexibility index (Phi) is 8.14. The number of carbonyl (C=O) groups excluding carboxylic acids is 1. The van der Waals surface area contributed by atoms with Crippen molar-refractivity contribution in [3.63, 3.8) is 0 Å². The highest BCUT2D eigenvalue weighted by Crippen LogP contribution is 2.31. The lowest BCUT2D eigenvalue weighted by atomic mass is 9.89. The van der Waals surface area contributed by atoms with Gasteiger partial charge in [0.05, 0.1) is 17.4 Å². The second-order valence-electron chi connectivity index (χ2n) is 9.37. The zero-order valence-corrected chi connectivity index (χ0v) is 21.9. The first kappa shape index (κ1) is 26.5. The Balaban J connectivity index is 1.69. The van der Waals surface area contributed by atoms with Gasteiger partial charge in [-0.1, -0.05) is 24.0 Å². The molecule has 0 fully saturated rings. The number of aromatic nitrogens is 4. The maximum absolute atomic E-state index is 14.7. The lowest BCUT2D eigenvalue weighted by Crippen LogP contribution is -2.14. The fraction of sp³-hybridized carbons (Fsp3) is 0.241. The number of rotatable bonds is 8. The van der Waals surface area contributed by atoms with Gasteiger partial charge in [0.1, 0.15) is 5.82 Å². The van der Waals surface area contributed by atoms with Crippen molar-refractivity contribution in [1.29, 1.82) is 0 Å². The number of primary amides is 1. The summed E-state index contributed by atoms with van der Waals surface area (Å²) in [5.74, 6) is 5.68. The molecule has 9 heteroatoms. The molecule has 3 N–H and O–H groups in total. The van der Waals surface area contributed by atoms with Gasteiger partial charge in [-0.2, -0.15) is 5.10 Å². The number of aryl methyl sites for hydroxylation is 3. The quantitative estimate of drug-likeness (QED) is 0.346. The van der Waals surface area contributed by atoms with Crippen LogP contribution in [0.15, 0.2) is 55.1 Å². The molecule has 0 bridgehead atoms. The van der Waals surface area contributed by atoms with Crippen LogP contribution >= 0.6 is 0 Å². The Hall–Kier alpha value is -4.55. The third kappa shape index (κ3) is 6.60. The van der Waals surface area contributed by atoms with Crippen LogP contribution in [0.2, 0.25) is 0 Å². The average Bonchev–Trinajstić information content (AvgIpc) is 3.27. The van der Waals surface area contributed by atoms with E-state index in [4.69, 9.17) is 5.73 Å². The minimum atomic E-state index is -0.601. The highest BCUT2D eigenvalue weighted by atomic mass is 19.1. The standard InChI is InChI=1S/C29H30FN7O/c1-19-7-9-26(28(31)38)27(22-12-20(13-23(30)14-22)6-5-11-36(2)3)25(19)10-8-21-15-32-29(33-16-21)35-24-17-34-37(4)18-24/h7,9,12-18H,5-6,11H2,1-4H3,(H2,31,38)(H,32,33,35). The van der Waals surface area contributed by atoms with Gasteiger partial charge in [0.25, 0.3) is 0 Å². The van der Waals surface area contributed by atoms with E-state index in [1.807, 2.05) is 40.3 Å². The Labute approximate surface area is 221 Å². The van der Waals surface area contributed by atoms with Crippen LogP contribution in [0.5, 0.6) is 0 Å². The number of nitrogens with zero attached hydrogens (tertiary/aromatic N) is 5. The number of nitrogens with one attached hydrogen (secondary N) is 1. The molecule has 38 heavy (non-hydrogen) atoms. The van der Waals surface area contributed by atoms with Crippen molar-refractivity contribution in [2.45, 2.75) is 19.8 Å². The van der Waals surface area contributed by atoms with E-state index in [-0.39, 0.29) is 11.4 Å². The van der Waals surface area contributed by atoms with E-state index in [1.54, 1.807) is 35.4 Å². The second-order valence-corrected chi connectivity index (χ2v) is 9.37. The first-order valence-corrected chi connectivity index (χ1v) is 12.2. The van der Waals surface area contributed by atoms with E-state index in [1.165, 1.54) is 12.1 Å². The molecule has 194 valence electrons. The molecule has 0 radical (unpaired) electrons. The van der Waals surface area contributed by atoms with Gasteiger partial charge in [0, 0.05) is 42.3 Å². The lowest BCUT2D eigenvalue weighted by Gasteiger charge is -2.15. The fourth-order valence-corrected chi connectivity index (χ4v) is 4.12. The normalized spacial score (nSPS) is 10.8. The van der Waals surface area contributed by atoms with Crippen LogP contribution in [0.25, 0.3) is 11.1 Å². The molecular weight excluding hydrogens is 481 g/mol. The molecule has 0 aliphatic rings. The number of halogens is 1. The molecule has 0 aliphatic heterocycles. The fourth-order valence-electron chi connectivity index (χ4n) is 4.12. The number of anilines is 2. The average molecular weight is 512 g/mol. The van der Waals surface area contributed by atoms with E-state index < -0.39 is 5.91 Å². The largest absolute Gasteiger partial charge is 0.366 e. The van der Waals surface area contributed by atoms with Crippen molar-refractivity contribution in [1.82, 2.24) is 24.6 Å². The number of carbonyl (C=O) groups is 1. The summed E-state index contributed by atoms with van der Waals surface area (Å²) in [6, 6.07) is 8.32. The number of benzene rings is 2. The SMILES string of the molecule is Cc1ccc(C(N)=O)c(-c2cc(F)cc(CCCN(C)C)c2)c1C#Cc1cnc(Nc2cnn(C)c2)nc1. The molecule has 0 unspecified atom stereocenters. The molecule has 0 spiro atoms. The highest BCUT2D eigenvalue weighted by Gasteiger charge is 2.17. The summed E-state index contributed by atoms with van der Waals surface area (Å²) in [5, 5.41) is 7.18. The first-order valence-electron chi connectivity index (χ1n) is 12.2. The predicted octanol–water partition coefficient (Wildman–Crippen LogP) is 4.06. The van der Waals surface area contributed by atoms with Crippen LogP contribution in [0.4, 0.5) is 16.0 Å². The maximum atomic E-state index is 14.7. The summed E-state index contributed by atoms with van der Waals surface area (Å²) in [4.78, 5) is 23.1. The van der Waals surface area contributed by atoms with Gasteiger partial charge in [-0.3, -0.25) is 9.48 Å². The summed E-state index contributed by atoms with van der Waals surface area (Å²) in [6.07, 6.45) is 8.29. The van der Waals surface area contributed by atoms with Crippen molar-refractivity contribution in [2.24, 2.45) is 12.8 Å². The minimum absolute atomic E-state index is 0.289. The molecule has 2 aromatic heterocycles. The lowest BCUT2D eigenvalue weighted by molar-refractivity contribution is 0.100. The third-order valence-corrected chi connectivity index (χ3v) is 5.94. The van der Waals surface area contributed by atoms with Crippen LogP contribution < -0.4 is 11.1 Å². The molecule has 2 heterocycles. The first-order chi connectivity index (χ1) is 18.2. The van der Waals surface area contributed by atoms with E-state index in [0.717, 1.165) is 29.8 Å². The van der Waals surface area contributed by atoms with Gasteiger partial charge < -0.3 is 16.0 Å². The van der Waals surface area contributed by atoms with Crippen LogP contribution in [0, 0.1) is 24.6 Å². The zero-order valence-electron chi connectivity index (χ0n) is 21.9. The van der Waals surface area contributed by atoms with Crippen molar-refractivity contribution >= 4 is 17.5 Å². The van der Waals surface area contributed by atoms with Crippen molar-refractivity contribution in [3.8, 4) is 23.0 Å². The minimum Gasteiger partial charge on any atom is -0.366 e. The maximum Gasteiger partial charge on any atom is 0.249 e. The molecule has 1 amide bonds. The molecule has 0 atom stereocenters. The molecule has 2 aromatic carbocycles. The van der Waals surface area contributed by atoms with Gasteiger partial charge in [-0.05, 0) is 75.3 Å². The Bertz CT molecular complexity index is 1510. The van der Waals surface area contributed by atoms with E-state index in [0.29, 0.717) is 34.6 Å². The second kappa shape index (κ2) is 11.7. The Morgan fingerprint density at radius 3 is 2.55 bits per heavy atom. The van der Waals surface area contributed by atoms with Gasteiger partial charge in [-0.15, -0.1) is 0 Å². The van der Waals surface area contributed by atoms with Gasteiger partial charge >= 0.3 is 0 Å². The summed E-state index contributed by atoms with van der Waals surface area (Å²) in [6.45, 7) is 2.78. The van der Waals surface area contributed by atoms with E-state index >= 15 is 0 Å². The summed E-state index contributed by atoms with van der Waals surface area (Å²) in [7, 11) is 5.83. The summed E-state index contributed by atoms with van der Waals surface area (Å²) < 4.78 is 16.4. The molecule has 0 saturated carbocycles. The van der Waals surface area contributed by atoms with Crippen LogP contribution in [-0.4, -0.2) is 51.2 Å². The van der Waals surface area contributed by atoms with E-state index in [2.05, 4.69) is 37.1 Å². The van der Waals surface area contributed by atoms with Crippen molar-refractivity contribution in [2.75, 3.05) is 26.0 Å². The Morgan fingerprint density at radius 2 is 1.89 bits per heavy atom. The number of hydrogen-bond donors (Lipinski definition) is 2. The predicted molar refractivity (Wildman–Crippen MR) is 146 cm³/mol. The molecule has 8 nitrogen and oxygen atoms in total. The molecule has 0 aliphatic carbocycles. The van der Waals surface area contributed by atoms with E-state index in [9.17, 15) is 9.18 Å². The highest BCUT2D eigenvalue weighted by molar-refractivity contribution is 6.01. The number of hydrogen-bond acceptors (Lipinski definition) is 6. The van der Waals surface area contributed by atoms with Gasteiger partial charge in [0.2, 0.25) is 11.9 Å². The van der Waals surface area contributed by atoms with Crippen LogP contribution in [-0.2, 0) is 13.5 Å².